The van der Waals surface area contributed by atoms with Crippen LogP contribution < -0.4 is 9.04 Å². The molecule has 0 aromatic heterocycles. The van der Waals surface area contributed by atoms with Crippen LogP contribution >= 0.6 is 0 Å². The van der Waals surface area contributed by atoms with Crippen LogP contribution in [0.25, 0.3) is 0 Å². The standard InChI is InChI=1S/C26H28N2O4S/c1-20-9-3-6-14-25(20)32-18-8-16-27(2)26(29)22-11-7-12-23(19-22)33(30,31)28-17-15-21-10-4-5-13-24(21)28/h3-7,9-14,19H,8,15-18H2,1-2H3. The van der Waals surface area contributed by atoms with Gasteiger partial charge in [-0.1, -0.05) is 42.5 Å². The molecule has 0 saturated carbocycles. The highest BCUT2D eigenvalue weighted by molar-refractivity contribution is 7.92. The van der Waals surface area contributed by atoms with Gasteiger partial charge < -0.3 is 9.64 Å². The van der Waals surface area contributed by atoms with Crippen LogP contribution in [0.15, 0.2) is 77.7 Å². The average molecular weight is 465 g/mol. The third-order valence-corrected chi connectivity index (χ3v) is 7.66. The summed E-state index contributed by atoms with van der Waals surface area (Å²) in [5.74, 6) is 0.623. The van der Waals surface area contributed by atoms with Gasteiger partial charge in [-0.05, 0) is 61.2 Å². The Morgan fingerprint density at radius 1 is 1.03 bits per heavy atom. The third kappa shape index (κ3) is 4.88. The summed E-state index contributed by atoms with van der Waals surface area (Å²) in [4.78, 5) is 14.7. The summed E-state index contributed by atoms with van der Waals surface area (Å²) in [7, 11) is -2.03. The zero-order valence-electron chi connectivity index (χ0n) is 18.9. The number of ether oxygens (including phenoxy) is 1. The first-order valence-corrected chi connectivity index (χ1v) is 12.5. The largest absolute Gasteiger partial charge is 0.493 e. The van der Waals surface area contributed by atoms with Crippen molar-refractivity contribution >= 4 is 21.6 Å². The minimum Gasteiger partial charge on any atom is -0.493 e. The molecule has 7 heteroatoms. The average Bonchev–Trinajstić information content (AvgIpc) is 3.27. The van der Waals surface area contributed by atoms with Gasteiger partial charge in [-0.25, -0.2) is 8.42 Å². The molecule has 0 unspecified atom stereocenters. The molecule has 0 spiro atoms. The van der Waals surface area contributed by atoms with Crippen molar-refractivity contribution in [1.29, 1.82) is 0 Å². The Balaban J connectivity index is 1.40. The molecular formula is C26H28N2O4S. The number of carbonyl (C=O) groups is 1. The Kier molecular flexibility index (Phi) is 6.70. The minimum absolute atomic E-state index is 0.126. The SMILES string of the molecule is Cc1ccccc1OCCCN(C)C(=O)c1cccc(S(=O)(=O)N2CCc3ccccc32)c1. The lowest BCUT2D eigenvalue weighted by Crippen LogP contribution is -2.30. The van der Waals surface area contributed by atoms with Crippen LogP contribution in [-0.2, 0) is 16.4 Å². The predicted molar refractivity (Wildman–Crippen MR) is 129 cm³/mol. The van der Waals surface area contributed by atoms with E-state index in [9.17, 15) is 13.2 Å². The van der Waals surface area contributed by atoms with Crippen molar-refractivity contribution in [2.75, 3.05) is 31.0 Å². The molecule has 1 amide bonds. The van der Waals surface area contributed by atoms with E-state index < -0.39 is 10.0 Å². The molecule has 1 aliphatic rings. The van der Waals surface area contributed by atoms with Gasteiger partial charge in [0.1, 0.15) is 5.75 Å². The van der Waals surface area contributed by atoms with Crippen LogP contribution in [0.1, 0.15) is 27.9 Å². The summed E-state index contributed by atoms with van der Waals surface area (Å²) in [5, 5.41) is 0. The van der Waals surface area contributed by atoms with Gasteiger partial charge >= 0.3 is 0 Å². The van der Waals surface area contributed by atoms with Crippen molar-refractivity contribution in [3.8, 4) is 5.75 Å². The molecule has 1 heterocycles. The molecule has 4 rings (SSSR count). The number of hydrogen-bond donors (Lipinski definition) is 0. The fourth-order valence-electron chi connectivity index (χ4n) is 4.00. The second kappa shape index (κ2) is 9.67. The van der Waals surface area contributed by atoms with E-state index in [1.807, 2.05) is 55.5 Å². The number of rotatable bonds is 8. The highest BCUT2D eigenvalue weighted by Gasteiger charge is 2.31. The van der Waals surface area contributed by atoms with E-state index in [2.05, 4.69) is 0 Å². The molecule has 0 fully saturated rings. The number of amides is 1. The fraction of sp³-hybridized carbons (Fsp3) is 0.269. The summed E-state index contributed by atoms with van der Waals surface area (Å²) in [6, 6.07) is 21.6. The molecule has 0 N–H and O–H groups in total. The molecule has 3 aromatic rings. The summed E-state index contributed by atoms with van der Waals surface area (Å²) in [6.07, 6.45) is 1.35. The fourth-order valence-corrected chi connectivity index (χ4v) is 5.55. The Morgan fingerprint density at radius 3 is 2.61 bits per heavy atom. The van der Waals surface area contributed by atoms with Crippen LogP contribution in [0, 0.1) is 6.92 Å². The molecule has 0 aliphatic carbocycles. The molecule has 0 radical (unpaired) electrons. The normalized spacial score (nSPS) is 13.0. The third-order valence-electron chi connectivity index (χ3n) is 5.85. The maximum atomic E-state index is 13.3. The van der Waals surface area contributed by atoms with Crippen molar-refractivity contribution in [3.63, 3.8) is 0 Å². The van der Waals surface area contributed by atoms with Gasteiger partial charge in [0.05, 0.1) is 17.2 Å². The molecule has 33 heavy (non-hydrogen) atoms. The molecular weight excluding hydrogens is 436 g/mol. The van der Waals surface area contributed by atoms with E-state index in [1.165, 1.54) is 10.4 Å². The molecule has 0 atom stereocenters. The Hall–Kier alpha value is -3.32. The van der Waals surface area contributed by atoms with E-state index in [0.29, 0.717) is 43.8 Å². The van der Waals surface area contributed by atoms with Crippen LogP contribution in [0.4, 0.5) is 5.69 Å². The predicted octanol–water partition coefficient (Wildman–Crippen LogP) is 4.29. The van der Waals surface area contributed by atoms with Crippen LogP contribution in [0.2, 0.25) is 0 Å². The number of hydrogen-bond acceptors (Lipinski definition) is 4. The zero-order valence-corrected chi connectivity index (χ0v) is 19.7. The molecule has 1 aliphatic heterocycles. The first-order valence-electron chi connectivity index (χ1n) is 11.0. The maximum absolute atomic E-state index is 13.3. The molecule has 0 saturated heterocycles. The van der Waals surface area contributed by atoms with E-state index >= 15 is 0 Å². The Bertz CT molecular complexity index is 1260. The highest BCUT2D eigenvalue weighted by Crippen LogP contribution is 2.32. The molecule has 3 aromatic carbocycles. The number of sulfonamides is 1. The maximum Gasteiger partial charge on any atom is 0.264 e. The van der Waals surface area contributed by atoms with Crippen LogP contribution in [0.5, 0.6) is 5.75 Å². The molecule has 6 nitrogen and oxygen atoms in total. The number of anilines is 1. The van der Waals surface area contributed by atoms with E-state index in [1.54, 1.807) is 30.1 Å². The lowest BCUT2D eigenvalue weighted by atomic mass is 10.2. The smallest absolute Gasteiger partial charge is 0.264 e. The number of para-hydroxylation sites is 2. The molecule has 0 bridgehead atoms. The second-order valence-corrected chi connectivity index (χ2v) is 10.0. The van der Waals surface area contributed by atoms with Crippen molar-refractivity contribution in [1.82, 2.24) is 4.90 Å². The summed E-state index contributed by atoms with van der Waals surface area (Å²) in [5.41, 5.74) is 3.15. The number of nitrogens with zero attached hydrogens (tertiary/aromatic N) is 2. The number of aryl methyl sites for hydroxylation is 1. The summed E-state index contributed by atoms with van der Waals surface area (Å²) in [6.45, 7) is 3.39. The van der Waals surface area contributed by atoms with Gasteiger partial charge in [0.2, 0.25) is 0 Å². The van der Waals surface area contributed by atoms with Crippen LogP contribution in [-0.4, -0.2) is 46.0 Å². The summed E-state index contributed by atoms with van der Waals surface area (Å²) < 4.78 is 33.8. The summed E-state index contributed by atoms with van der Waals surface area (Å²) >= 11 is 0. The van der Waals surface area contributed by atoms with E-state index in [-0.39, 0.29) is 10.8 Å². The molecule has 172 valence electrons. The zero-order chi connectivity index (χ0) is 23.4. The second-order valence-electron chi connectivity index (χ2n) is 8.18. The number of carbonyl (C=O) groups excluding carboxylic acids is 1. The van der Waals surface area contributed by atoms with Crippen molar-refractivity contribution in [3.05, 3.63) is 89.5 Å². The topological polar surface area (TPSA) is 66.9 Å². The van der Waals surface area contributed by atoms with Crippen molar-refractivity contribution < 1.29 is 17.9 Å². The van der Waals surface area contributed by atoms with Gasteiger partial charge in [0, 0.05) is 25.7 Å². The van der Waals surface area contributed by atoms with Gasteiger partial charge in [-0.15, -0.1) is 0 Å². The van der Waals surface area contributed by atoms with E-state index in [0.717, 1.165) is 16.9 Å². The lowest BCUT2D eigenvalue weighted by molar-refractivity contribution is 0.0787. The highest BCUT2D eigenvalue weighted by atomic mass is 32.2. The van der Waals surface area contributed by atoms with Gasteiger partial charge in [-0.2, -0.15) is 0 Å². The Labute approximate surface area is 195 Å². The minimum atomic E-state index is -3.75. The first-order chi connectivity index (χ1) is 15.9. The first kappa shape index (κ1) is 22.9. The van der Waals surface area contributed by atoms with Crippen molar-refractivity contribution in [2.45, 2.75) is 24.7 Å². The van der Waals surface area contributed by atoms with E-state index in [4.69, 9.17) is 4.74 Å². The lowest BCUT2D eigenvalue weighted by Gasteiger charge is -2.21. The quantitative estimate of drug-likeness (QED) is 0.467. The van der Waals surface area contributed by atoms with Gasteiger partial charge in [0.25, 0.3) is 15.9 Å². The number of fused-ring (bicyclic) bond motifs is 1. The van der Waals surface area contributed by atoms with Crippen molar-refractivity contribution in [2.24, 2.45) is 0 Å². The van der Waals surface area contributed by atoms with Gasteiger partial charge in [-0.3, -0.25) is 9.10 Å². The van der Waals surface area contributed by atoms with Gasteiger partial charge in [0.15, 0.2) is 0 Å². The van der Waals surface area contributed by atoms with Crippen LogP contribution in [0.3, 0.4) is 0 Å². The number of benzene rings is 3. The Morgan fingerprint density at radius 2 is 1.79 bits per heavy atom. The monoisotopic (exact) mass is 464 g/mol.